The fourth-order valence-corrected chi connectivity index (χ4v) is 2.26. The lowest BCUT2D eigenvalue weighted by Gasteiger charge is -2.03. The minimum Gasteiger partial charge on any atom is -0.504 e. The van der Waals surface area contributed by atoms with E-state index in [9.17, 15) is 15.3 Å². The molecular formula is C22H22O4. The van der Waals surface area contributed by atoms with Crippen molar-refractivity contribution in [3.05, 3.63) is 83.5 Å². The Bertz CT molecular complexity index is 889. The Hall–Kier alpha value is -3.40. The van der Waals surface area contributed by atoms with Crippen molar-refractivity contribution in [1.82, 2.24) is 0 Å². The van der Waals surface area contributed by atoms with E-state index in [1.165, 1.54) is 19.2 Å². The van der Waals surface area contributed by atoms with Crippen LogP contribution in [0.15, 0.2) is 72.4 Å². The molecule has 0 aliphatic carbocycles. The van der Waals surface area contributed by atoms with Crippen molar-refractivity contribution in [3.63, 3.8) is 0 Å². The first-order chi connectivity index (χ1) is 12.4. The fourth-order valence-electron chi connectivity index (χ4n) is 2.26. The molecule has 0 amide bonds. The van der Waals surface area contributed by atoms with E-state index in [4.69, 9.17) is 4.74 Å². The Morgan fingerprint density at radius 1 is 0.885 bits per heavy atom. The molecule has 3 N–H and O–H groups in total. The number of methoxy groups -OCH3 is 1. The highest BCUT2D eigenvalue weighted by Gasteiger charge is 2.00. The summed E-state index contributed by atoms with van der Waals surface area (Å²) >= 11 is 0. The molecular weight excluding hydrogens is 328 g/mol. The number of hydrogen-bond donors (Lipinski definition) is 3. The van der Waals surface area contributed by atoms with Gasteiger partial charge in [0.15, 0.2) is 23.0 Å². The highest BCUT2D eigenvalue weighted by atomic mass is 16.5. The molecule has 0 fully saturated rings. The zero-order valence-corrected chi connectivity index (χ0v) is 14.8. The third kappa shape index (κ3) is 5.31. The predicted molar refractivity (Wildman–Crippen MR) is 105 cm³/mol. The number of allylic oxidation sites excluding steroid dienone is 5. The van der Waals surface area contributed by atoms with Crippen LogP contribution in [0.1, 0.15) is 18.1 Å². The summed E-state index contributed by atoms with van der Waals surface area (Å²) in [6, 6.07) is 9.76. The lowest BCUT2D eigenvalue weighted by molar-refractivity contribution is 0.373. The first kappa shape index (κ1) is 18.9. The molecule has 0 bridgehead atoms. The van der Waals surface area contributed by atoms with Crippen LogP contribution < -0.4 is 4.74 Å². The van der Waals surface area contributed by atoms with E-state index in [0.29, 0.717) is 5.75 Å². The minimum atomic E-state index is -0.148. The van der Waals surface area contributed by atoms with Crippen LogP contribution in [0.25, 0.3) is 12.2 Å². The van der Waals surface area contributed by atoms with Crippen LogP contribution in [0.5, 0.6) is 23.0 Å². The molecule has 0 radical (unpaired) electrons. The van der Waals surface area contributed by atoms with Crippen LogP contribution in [-0.4, -0.2) is 22.4 Å². The maximum absolute atomic E-state index is 9.60. The third-order valence-corrected chi connectivity index (χ3v) is 3.64. The third-order valence-electron chi connectivity index (χ3n) is 3.64. The van der Waals surface area contributed by atoms with Crippen LogP contribution in [-0.2, 0) is 0 Å². The maximum Gasteiger partial charge on any atom is 0.161 e. The molecule has 0 saturated carbocycles. The first-order valence-corrected chi connectivity index (χ1v) is 8.01. The zero-order chi connectivity index (χ0) is 19.1. The number of hydrogen-bond acceptors (Lipinski definition) is 4. The largest absolute Gasteiger partial charge is 0.504 e. The van der Waals surface area contributed by atoms with Gasteiger partial charge in [0.1, 0.15) is 0 Å². The summed E-state index contributed by atoms with van der Waals surface area (Å²) < 4.78 is 5.09. The molecule has 4 heteroatoms. The van der Waals surface area contributed by atoms with Gasteiger partial charge in [-0.25, -0.2) is 0 Å². The Labute approximate surface area is 153 Å². The Morgan fingerprint density at radius 2 is 1.50 bits per heavy atom. The molecule has 0 aliphatic heterocycles. The van der Waals surface area contributed by atoms with Crippen molar-refractivity contribution in [2.75, 3.05) is 7.11 Å². The summed E-state index contributed by atoms with van der Waals surface area (Å²) in [7, 11) is 1.51. The molecule has 26 heavy (non-hydrogen) atoms. The van der Waals surface area contributed by atoms with E-state index < -0.39 is 0 Å². The van der Waals surface area contributed by atoms with Gasteiger partial charge < -0.3 is 20.1 Å². The lowest BCUT2D eigenvalue weighted by Crippen LogP contribution is -1.84. The van der Waals surface area contributed by atoms with Crippen molar-refractivity contribution in [2.45, 2.75) is 6.92 Å². The fraction of sp³-hybridized carbons (Fsp3) is 0.0909. The normalized spacial score (nSPS) is 12.0. The van der Waals surface area contributed by atoms with E-state index in [1.54, 1.807) is 24.3 Å². The second kappa shape index (κ2) is 8.62. The van der Waals surface area contributed by atoms with Crippen molar-refractivity contribution < 1.29 is 20.1 Å². The van der Waals surface area contributed by atoms with Gasteiger partial charge in [-0.05, 0) is 47.9 Å². The smallest absolute Gasteiger partial charge is 0.161 e. The van der Waals surface area contributed by atoms with E-state index >= 15 is 0 Å². The van der Waals surface area contributed by atoms with Gasteiger partial charge in [-0.2, -0.15) is 0 Å². The van der Waals surface area contributed by atoms with Gasteiger partial charge in [-0.15, -0.1) is 0 Å². The second-order valence-electron chi connectivity index (χ2n) is 5.81. The zero-order valence-electron chi connectivity index (χ0n) is 14.8. The van der Waals surface area contributed by atoms with Gasteiger partial charge in [0, 0.05) is 0 Å². The SMILES string of the molecule is C=C(C=Cc1ccc(O)c(OC)c1)C=C(C)C=Cc1ccc(O)c(O)c1. The lowest BCUT2D eigenvalue weighted by atomic mass is 10.1. The summed E-state index contributed by atoms with van der Waals surface area (Å²) in [6.07, 6.45) is 9.41. The predicted octanol–water partition coefficient (Wildman–Crippen LogP) is 5.04. The molecule has 0 spiro atoms. The van der Waals surface area contributed by atoms with Crippen molar-refractivity contribution in [1.29, 1.82) is 0 Å². The highest BCUT2D eigenvalue weighted by Crippen LogP contribution is 2.27. The van der Waals surface area contributed by atoms with Gasteiger partial charge in [0.2, 0.25) is 0 Å². The summed E-state index contributed by atoms with van der Waals surface area (Å²) in [6.45, 7) is 5.94. The van der Waals surface area contributed by atoms with Gasteiger partial charge in [0.25, 0.3) is 0 Å². The van der Waals surface area contributed by atoms with Crippen LogP contribution in [0.2, 0.25) is 0 Å². The summed E-state index contributed by atoms with van der Waals surface area (Å²) in [5, 5.41) is 28.4. The number of phenolic OH excluding ortho intramolecular Hbond substituents is 3. The summed E-state index contributed by atoms with van der Waals surface area (Å²) in [5.74, 6) is 0.235. The molecule has 2 aromatic carbocycles. The van der Waals surface area contributed by atoms with E-state index in [0.717, 1.165) is 22.3 Å². The standard InChI is InChI=1S/C22H22O4/c1-15(4-6-17-8-10-19(23)21(25)13-17)12-16(2)5-7-18-9-11-20(24)22(14-18)26-3/h4-14,23-25H,2H2,1,3H3. The monoisotopic (exact) mass is 350 g/mol. The minimum absolute atomic E-state index is 0.102. The number of rotatable bonds is 6. The van der Waals surface area contributed by atoms with E-state index in [1.807, 2.05) is 37.3 Å². The molecule has 2 rings (SSSR count). The molecule has 0 aliphatic rings. The van der Waals surface area contributed by atoms with Crippen molar-refractivity contribution in [3.8, 4) is 23.0 Å². The highest BCUT2D eigenvalue weighted by molar-refractivity contribution is 5.60. The molecule has 0 atom stereocenters. The first-order valence-electron chi connectivity index (χ1n) is 8.01. The second-order valence-corrected chi connectivity index (χ2v) is 5.81. The molecule has 0 unspecified atom stereocenters. The van der Waals surface area contributed by atoms with Crippen LogP contribution >= 0.6 is 0 Å². The Kier molecular flexibility index (Phi) is 6.28. The van der Waals surface area contributed by atoms with Gasteiger partial charge in [-0.1, -0.05) is 54.7 Å². The van der Waals surface area contributed by atoms with E-state index in [2.05, 4.69) is 6.58 Å². The van der Waals surface area contributed by atoms with Gasteiger partial charge in [-0.3, -0.25) is 0 Å². The molecule has 4 nitrogen and oxygen atoms in total. The number of ether oxygens (including phenoxy) is 1. The summed E-state index contributed by atoms with van der Waals surface area (Å²) in [4.78, 5) is 0. The number of phenols is 3. The quantitative estimate of drug-likeness (QED) is 0.504. The van der Waals surface area contributed by atoms with Crippen molar-refractivity contribution >= 4 is 12.2 Å². The molecule has 0 saturated heterocycles. The van der Waals surface area contributed by atoms with Crippen LogP contribution in [0.3, 0.4) is 0 Å². The number of aromatic hydroxyl groups is 3. The van der Waals surface area contributed by atoms with Gasteiger partial charge in [0.05, 0.1) is 7.11 Å². The van der Waals surface area contributed by atoms with E-state index in [-0.39, 0.29) is 17.2 Å². The molecule has 0 aromatic heterocycles. The molecule has 0 heterocycles. The Morgan fingerprint density at radius 3 is 2.15 bits per heavy atom. The van der Waals surface area contributed by atoms with Crippen LogP contribution in [0, 0.1) is 0 Å². The molecule has 134 valence electrons. The number of benzene rings is 2. The summed E-state index contributed by atoms with van der Waals surface area (Å²) in [5.41, 5.74) is 3.47. The topological polar surface area (TPSA) is 69.9 Å². The Balaban J connectivity index is 2.04. The van der Waals surface area contributed by atoms with Gasteiger partial charge >= 0.3 is 0 Å². The van der Waals surface area contributed by atoms with Crippen molar-refractivity contribution in [2.24, 2.45) is 0 Å². The average molecular weight is 350 g/mol. The maximum atomic E-state index is 9.60. The average Bonchev–Trinajstić information content (AvgIpc) is 2.62. The molecule has 2 aromatic rings. The van der Waals surface area contributed by atoms with Crippen LogP contribution in [0.4, 0.5) is 0 Å².